The largest absolute Gasteiger partial charge is 0.457 e. The summed E-state index contributed by atoms with van der Waals surface area (Å²) in [7, 11) is 0. The van der Waals surface area contributed by atoms with Crippen molar-refractivity contribution in [2.24, 2.45) is 28.6 Å². The van der Waals surface area contributed by atoms with Crippen LogP contribution < -0.4 is 5.32 Å². The number of ketones is 2. The number of carbonyl (C=O) groups excluding carboxylic acids is 3. The van der Waals surface area contributed by atoms with Crippen LogP contribution in [0.25, 0.3) is 0 Å². The number of hydrogen-bond donors (Lipinski definition) is 3. The predicted octanol–water partition coefficient (Wildman–Crippen LogP) is 5.69. The summed E-state index contributed by atoms with van der Waals surface area (Å²) >= 11 is 0. The quantitative estimate of drug-likeness (QED) is 0.200. The molecule has 0 unspecified atom stereocenters. The standard InChI is InChI=1S/C42H45NO6/c1-39-22-20-32(44)24-31(39)18-19-33-34-21-23-41(48,40(34,2)25-35(45)38(33)39)36(46)27-49-37(47)26-43-42(28-12-6-3-7-13-28,29-14-8-4-9-15-29)30-16-10-5-11-17-30/h3-17,20,22,24,33-35,38,43,45,48H,18-19,21,23,25-27H2,1-2H3/t33-,34-,35-,38+,39-,40-,41-/m0/s1. The second-order valence-corrected chi connectivity index (χ2v) is 14.9. The lowest BCUT2D eigenvalue weighted by atomic mass is 9.46. The molecule has 0 bridgehead atoms. The molecule has 7 atom stereocenters. The van der Waals surface area contributed by atoms with Crippen LogP contribution in [0.4, 0.5) is 0 Å². The van der Waals surface area contributed by atoms with Crippen molar-refractivity contribution in [2.75, 3.05) is 13.2 Å². The van der Waals surface area contributed by atoms with Gasteiger partial charge in [-0.3, -0.25) is 19.7 Å². The van der Waals surface area contributed by atoms with Crippen LogP contribution in [0.3, 0.4) is 0 Å². The van der Waals surface area contributed by atoms with Crippen LogP contribution in [0.2, 0.25) is 0 Å². The summed E-state index contributed by atoms with van der Waals surface area (Å²) in [5, 5.41) is 27.3. The van der Waals surface area contributed by atoms with Crippen LogP contribution in [0, 0.1) is 28.6 Å². The van der Waals surface area contributed by atoms with E-state index >= 15 is 0 Å². The molecule has 0 spiro atoms. The van der Waals surface area contributed by atoms with Gasteiger partial charge in [0.15, 0.2) is 12.4 Å². The molecule has 0 aliphatic heterocycles. The summed E-state index contributed by atoms with van der Waals surface area (Å²) < 4.78 is 5.62. The maximum atomic E-state index is 13.9. The van der Waals surface area contributed by atoms with Gasteiger partial charge >= 0.3 is 5.97 Å². The molecule has 7 rings (SSSR count). The Bertz CT molecular complexity index is 1690. The molecule has 0 radical (unpaired) electrons. The molecule has 0 saturated heterocycles. The predicted molar refractivity (Wildman–Crippen MR) is 186 cm³/mol. The molecule has 0 heterocycles. The molecular formula is C42H45NO6. The van der Waals surface area contributed by atoms with Gasteiger partial charge in [-0.05, 0) is 72.8 Å². The Morgan fingerprint density at radius 1 is 0.898 bits per heavy atom. The lowest BCUT2D eigenvalue weighted by molar-refractivity contribution is -0.181. The topological polar surface area (TPSA) is 113 Å². The minimum Gasteiger partial charge on any atom is -0.457 e. The van der Waals surface area contributed by atoms with Crippen molar-refractivity contribution < 1.29 is 29.3 Å². The lowest BCUT2D eigenvalue weighted by Crippen LogP contribution is -2.61. The van der Waals surface area contributed by atoms with E-state index in [0.29, 0.717) is 6.42 Å². The van der Waals surface area contributed by atoms with E-state index in [1.807, 2.05) is 104 Å². The third kappa shape index (κ3) is 5.34. The van der Waals surface area contributed by atoms with E-state index in [4.69, 9.17) is 4.74 Å². The highest BCUT2D eigenvalue weighted by Gasteiger charge is 2.68. The highest BCUT2D eigenvalue weighted by atomic mass is 16.5. The zero-order valence-corrected chi connectivity index (χ0v) is 28.2. The molecule has 7 heteroatoms. The molecule has 0 aromatic heterocycles. The third-order valence-corrected chi connectivity index (χ3v) is 12.6. The normalized spacial score (nSPS) is 32.0. The van der Waals surface area contributed by atoms with Crippen LogP contribution in [-0.4, -0.2) is 52.6 Å². The maximum absolute atomic E-state index is 13.9. The number of nitrogens with one attached hydrogen (secondary N) is 1. The molecule has 3 fully saturated rings. The number of allylic oxidation sites excluding steroid dienone is 4. The van der Waals surface area contributed by atoms with Crippen molar-refractivity contribution in [3.8, 4) is 0 Å². The van der Waals surface area contributed by atoms with E-state index in [0.717, 1.165) is 35.1 Å². The van der Waals surface area contributed by atoms with Crippen molar-refractivity contribution in [1.29, 1.82) is 0 Å². The molecular weight excluding hydrogens is 614 g/mol. The molecule has 0 amide bonds. The number of Topliss-reactive ketones (excluding diaryl/α,β-unsaturated/α-hetero) is 1. The van der Waals surface area contributed by atoms with Crippen molar-refractivity contribution in [1.82, 2.24) is 5.32 Å². The zero-order valence-electron chi connectivity index (χ0n) is 28.2. The molecule has 254 valence electrons. The first-order valence-electron chi connectivity index (χ1n) is 17.5. The van der Waals surface area contributed by atoms with Gasteiger partial charge in [-0.1, -0.05) is 116 Å². The van der Waals surface area contributed by atoms with Gasteiger partial charge in [-0.25, -0.2) is 0 Å². The Balaban J connectivity index is 1.08. The fourth-order valence-electron chi connectivity index (χ4n) is 10.2. The lowest BCUT2D eigenvalue weighted by Gasteiger charge is -2.59. The number of ether oxygens (including phenoxy) is 1. The van der Waals surface area contributed by atoms with Crippen molar-refractivity contribution in [3.05, 3.63) is 131 Å². The van der Waals surface area contributed by atoms with Crippen LogP contribution >= 0.6 is 0 Å². The first-order valence-corrected chi connectivity index (χ1v) is 17.5. The average molecular weight is 660 g/mol. The van der Waals surface area contributed by atoms with Gasteiger partial charge in [0, 0.05) is 16.7 Å². The van der Waals surface area contributed by atoms with Gasteiger partial charge in [0.1, 0.15) is 5.60 Å². The number of hydrogen-bond acceptors (Lipinski definition) is 7. The van der Waals surface area contributed by atoms with E-state index < -0.39 is 46.4 Å². The molecule has 49 heavy (non-hydrogen) atoms. The van der Waals surface area contributed by atoms with Gasteiger partial charge in [0.05, 0.1) is 18.2 Å². The van der Waals surface area contributed by atoms with Gasteiger partial charge in [0.25, 0.3) is 0 Å². The summed E-state index contributed by atoms with van der Waals surface area (Å²) in [5.41, 5.74) is -0.0154. The highest BCUT2D eigenvalue weighted by molar-refractivity contribution is 6.01. The van der Waals surface area contributed by atoms with E-state index in [1.54, 1.807) is 12.2 Å². The van der Waals surface area contributed by atoms with E-state index in [2.05, 4.69) is 12.2 Å². The SMILES string of the molecule is C[C@]12C=CC(=O)C=C1CC[C@@H]1[C@@H]2[C@@H](O)C[C@@]2(C)[C@H]1CC[C@]2(O)C(=O)COC(=O)CNC(c1ccccc1)(c1ccccc1)c1ccccc1. The number of rotatable bonds is 9. The van der Waals surface area contributed by atoms with E-state index in [-0.39, 0.29) is 42.9 Å². The zero-order chi connectivity index (χ0) is 34.4. The molecule has 4 aliphatic rings. The number of carbonyl (C=O) groups is 3. The van der Waals surface area contributed by atoms with Crippen molar-refractivity contribution in [2.45, 2.75) is 63.2 Å². The Morgan fingerprint density at radius 2 is 1.47 bits per heavy atom. The van der Waals surface area contributed by atoms with Crippen molar-refractivity contribution >= 4 is 17.5 Å². The van der Waals surface area contributed by atoms with Crippen LogP contribution in [0.15, 0.2) is 115 Å². The molecule has 3 aromatic carbocycles. The smallest absolute Gasteiger partial charge is 0.320 e. The fourth-order valence-corrected chi connectivity index (χ4v) is 10.2. The molecule has 3 aromatic rings. The first-order chi connectivity index (χ1) is 23.5. The fraction of sp³-hybridized carbons (Fsp3) is 0.405. The summed E-state index contributed by atoms with van der Waals surface area (Å²) in [5.74, 6) is -1.15. The number of aliphatic hydroxyl groups excluding tert-OH is 1. The third-order valence-electron chi connectivity index (χ3n) is 12.6. The van der Waals surface area contributed by atoms with Crippen LogP contribution in [0.5, 0.6) is 0 Å². The monoisotopic (exact) mass is 659 g/mol. The highest BCUT2D eigenvalue weighted by Crippen LogP contribution is 2.67. The number of esters is 1. The second kappa shape index (κ2) is 12.6. The summed E-state index contributed by atoms with van der Waals surface area (Å²) in [4.78, 5) is 39.5. The summed E-state index contributed by atoms with van der Waals surface area (Å²) in [6, 6.07) is 29.8. The molecule has 7 nitrogen and oxygen atoms in total. The van der Waals surface area contributed by atoms with E-state index in [1.165, 1.54) is 0 Å². The number of fused-ring (bicyclic) bond motifs is 5. The van der Waals surface area contributed by atoms with Gasteiger partial charge in [-0.15, -0.1) is 0 Å². The Hall–Kier alpha value is -4.17. The molecule has 4 aliphatic carbocycles. The Labute approximate surface area is 288 Å². The summed E-state index contributed by atoms with van der Waals surface area (Å²) in [6.45, 7) is 3.30. The van der Waals surface area contributed by atoms with Gasteiger partial charge in [-0.2, -0.15) is 0 Å². The summed E-state index contributed by atoms with van der Waals surface area (Å²) in [6.07, 6.45) is 7.22. The minimum atomic E-state index is -1.73. The van der Waals surface area contributed by atoms with Crippen molar-refractivity contribution in [3.63, 3.8) is 0 Å². The Kier molecular flexibility index (Phi) is 8.58. The molecule has 3 N–H and O–H groups in total. The average Bonchev–Trinajstić information content (AvgIpc) is 3.39. The number of aliphatic hydroxyl groups is 2. The maximum Gasteiger partial charge on any atom is 0.320 e. The second-order valence-electron chi connectivity index (χ2n) is 14.9. The Morgan fingerprint density at radius 3 is 2.04 bits per heavy atom. The van der Waals surface area contributed by atoms with Crippen LogP contribution in [-0.2, 0) is 24.7 Å². The van der Waals surface area contributed by atoms with Crippen LogP contribution in [0.1, 0.15) is 62.6 Å². The van der Waals surface area contributed by atoms with E-state index in [9.17, 15) is 24.6 Å². The first kappa shape index (κ1) is 33.3. The number of benzene rings is 3. The van der Waals surface area contributed by atoms with Gasteiger partial charge in [0.2, 0.25) is 5.78 Å². The molecule has 3 saturated carbocycles. The van der Waals surface area contributed by atoms with Gasteiger partial charge < -0.3 is 14.9 Å². The minimum absolute atomic E-state index is 0.0138.